The number of hydrogen-bond donors (Lipinski definition) is 2. The summed E-state index contributed by atoms with van der Waals surface area (Å²) < 4.78 is 0. The fourth-order valence-electron chi connectivity index (χ4n) is 3.09. The zero-order chi connectivity index (χ0) is 17.4. The van der Waals surface area contributed by atoms with Crippen LogP contribution in [0.2, 0.25) is 0 Å². The van der Waals surface area contributed by atoms with Gasteiger partial charge in [0.05, 0.1) is 0 Å². The van der Waals surface area contributed by atoms with Crippen molar-refractivity contribution in [3.8, 4) is 0 Å². The quantitative estimate of drug-likeness (QED) is 0.622. The third-order valence-electron chi connectivity index (χ3n) is 4.48. The first kappa shape index (κ1) is 18.5. The summed E-state index contributed by atoms with van der Waals surface area (Å²) in [6.45, 7) is 1.38. The lowest BCUT2D eigenvalue weighted by Crippen LogP contribution is -2.37. The molecule has 0 heterocycles. The van der Waals surface area contributed by atoms with E-state index in [-0.39, 0.29) is 11.8 Å². The first-order valence-electron chi connectivity index (χ1n) is 8.91. The molecule has 1 aliphatic carbocycles. The molecule has 1 aromatic carbocycles. The maximum Gasteiger partial charge on any atom is 0.253 e. The third-order valence-corrected chi connectivity index (χ3v) is 4.48. The van der Waals surface area contributed by atoms with Gasteiger partial charge in [-0.1, -0.05) is 31.7 Å². The largest absolute Gasteiger partial charge is 0.351 e. The number of amides is 2. The van der Waals surface area contributed by atoms with Crippen LogP contribution in [0.4, 0.5) is 0 Å². The second kappa shape index (κ2) is 9.42. The zero-order valence-electron chi connectivity index (χ0n) is 14.8. The monoisotopic (exact) mass is 331 g/mol. The van der Waals surface area contributed by atoms with Crippen LogP contribution in [0.25, 0.3) is 0 Å². The standard InChI is InChI=1S/C19H29N3O2/c1-22(2)19(24)16-9-7-8-15(14-16)18(23)21-13-12-20-17-10-5-3-4-6-11-17/h7-9,14,17,20H,3-6,10-13H2,1-2H3,(H,21,23). The Hall–Kier alpha value is -1.88. The molecule has 2 N–H and O–H groups in total. The van der Waals surface area contributed by atoms with Crippen LogP contribution in [0, 0.1) is 0 Å². The molecule has 0 unspecified atom stereocenters. The molecule has 1 saturated carbocycles. The first-order chi connectivity index (χ1) is 11.6. The van der Waals surface area contributed by atoms with E-state index in [1.165, 1.54) is 43.4 Å². The summed E-state index contributed by atoms with van der Waals surface area (Å²) in [7, 11) is 3.41. The van der Waals surface area contributed by atoms with Crippen molar-refractivity contribution in [3.05, 3.63) is 35.4 Å². The zero-order valence-corrected chi connectivity index (χ0v) is 14.8. The molecule has 0 saturated heterocycles. The molecule has 1 aromatic rings. The molecule has 2 amide bonds. The predicted molar refractivity (Wildman–Crippen MR) is 96.3 cm³/mol. The van der Waals surface area contributed by atoms with Crippen molar-refractivity contribution in [2.75, 3.05) is 27.2 Å². The lowest BCUT2D eigenvalue weighted by Gasteiger charge is -2.16. The van der Waals surface area contributed by atoms with Gasteiger partial charge in [-0.3, -0.25) is 9.59 Å². The third kappa shape index (κ3) is 5.64. The van der Waals surface area contributed by atoms with Gasteiger partial charge in [-0.25, -0.2) is 0 Å². The van der Waals surface area contributed by atoms with Gasteiger partial charge in [-0.05, 0) is 31.0 Å². The average molecular weight is 331 g/mol. The minimum atomic E-state index is -0.133. The van der Waals surface area contributed by atoms with Crippen molar-refractivity contribution in [2.45, 2.75) is 44.6 Å². The van der Waals surface area contributed by atoms with Crippen molar-refractivity contribution in [3.63, 3.8) is 0 Å². The SMILES string of the molecule is CN(C)C(=O)c1cccc(C(=O)NCCNC2CCCCCC2)c1. The van der Waals surface area contributed by atoms with Crippen molar-refractivity contribution < 1.29 is 9.59 Å². The predicted octanol–water partition coefficient (Wildman–Crippen LogP) is 2.43. The molecule has 132 valence electrons. The van der Waals surface area contributed by atoms with E-state index in [0.717, 1.165) is 6.54 Å². The molecule has 24 heavy (non-hydrogen) atoms. The van der Waals surface area contributed by atoms with E-state index >= 15 is 0 Å². The molecule has 1 fully saturated rings. The van der Waals surface area contributed by atoms with Crippen LogP contribution >= 0.6 is 0 Å². The smallest absolute Gasteiger partial charge is 0.253 e. The number of rotatable bonds is 6. The lowest BCUT2D eigenvalue weighted by atomic mass is 10.1. The van der Waals surface area contributed by atoms with Crippen molar-refractivity contribution in [1.82, 2.24) is 15.5 Å². The van der Waals surface area contributed by atoms with Gasteiger partial charge in [0.2, 0.25) is 0 Å². The summed E-state index contributed by atoms with van der Waals surface area (Å²) in [5.41, 5.74) is 1.06. The Morgan fingerprint density at radius 2 is 1.71 bits per heavy atom. The highest BCUT2D eigenvalue weighted by molar-refractivity contribution is 5.99. The molecule has 5 heteroatoms. The summed E-state index contributed by atoms with van der Waals surface area (Å²) in [5, 5.41) is 6.46. The topological polar surface area (TPSA) is 61.4 Å². The average Bonchev–Trinajstić information content (AvgIpc) is 2.86. The maximum absolute atomic E-state index is 12.2. The molecule has 0 aliphatic heterocycles. The first-order valence-corrected chi connectivity index (χ1v) is 8.91. The van der Waals surface area contributed by atoms with E-state index < -0.39 is 0 Å². The Bertz CT molecular complexity index is 549. The summed E-state index contributed by atoms with van der Waals surface area (Å²) in [6.07, 6.45) is 7.77. The van der Waals surface area contributed by atoms with E-state index in [9.17, 15) is 9.59 Å². The Kier molecular flexibility index (Phi) is 7.25. The highest BCUT2D eigenvalue weighted by Gasteiger charge is 2.13. The maximum atomic E-state index is 12.2. The Morgan fingerprint density at radius 3 is 2.38 bits per heavy atom. The lowest BCUT2D eigenvalue weighted by molar-refractivity contribution is 0.0827. The van der Waals surface area contributed by atoms with E-state index in [0.29, 0.717) is 23.7 Å². The molecule has 0 atom stereocenters. The number of hydrogen-bond acceptors (Lipinski definition) is 3. The molecule has 0 radical (unpaired) electrons. The Labute approximate surface area is 144 Å². The van der Waals surface area contributed by atoms with Crippen LogP contribution in [0.5, 0.6) is 0 Å². The minimum absolute atomic E-state index is 0.0975. The number of benzene rings is 1. The summed E-state index contributed by atoms with van der Waals surface area (Å²) in [6, 6.07) is 7.45. The fourth-order valence-corrected chi connectivity index (χ4v) is 3.09. The highest BCUT2D eigenvalue weighted by atomic mass is 16.2. The van der Waals surface area contributed by atoms with Gasteiger partial charge in [-0.2, -0.15) is 0 Å². The van der Waals surface area contributed by atoms with Crippen LogP contribution in [0.1, 0.15) is 59.2 Å². The van der Waals surface area contributed by atoms with Gasteiger partial charge in [0.15, 0.2) is 0 Å². The molecule has 0 aromatic heterocycles. The van der Waals surface area contributed by atoms with Gasteiger partial charge in [0.25, 0.3) is 11.8 Å². The van der Waals surface area contributed by atoms with Gasteiger partial charge >= 0.3 is 0 Å². The number of carbonyl (C=O) groups is 2. The van der Waals surface area contributed by atoms with Crippen LogP contribution in [-0.4, -0.2) is 49.9 Å². The molecule has 0 bridgehead atoms. The number of nitrogens with zero attached hydrogens (tertiary/aromatic N) is 1. The van der Waals surface area contributed by atoms with E-state index in [2.05, 4.69) is 10.6 Å². The number of carbonyl (C=O) groups excluding carboxylic acids is 2. The molecular formula is C19H29N3O2. The van der Waals surface area contributed by atoms with Crippen LogP contribution in [0.3, 0.4) is 0 Å². The Morgan fingerprint density at radius 1 is 1.04 bits per heavy atom. The van der Waals surface area contributed by atoms with Crippen LogP contribution in [-0.2, 0) is 0 Å². The second-order valence-electron chi connectivity index (χ2n) is 6.68. The normalized spacial score (nSPS) is 15.6. The number of nitrogens with one attached hydrogen (secondary N) is 2. The van der Waals surface area contributed by atoms with Crippen LogP contribution < -0.4 is 10.6 Å². The highest BCUT2D eigenvalue weighted by Crippen LogP contribution is 2.16. The van der Waals surface area contributed by atoms with E-state index in [1.807, 2.05) is 0 Å². The van der Waals surface area contributed by atoms with Crippen molar-refractivity contribution in [1.29, 1.82) is 0 Å². The van der Waals surface area contributed by atoms with Gasteiger partial charge in [0, 0.05) is 44.4 Å². The molecule has 2 rings (SSSR count). The van der Waals surface area contributed by atoms with Crippen molar-refractivity contribution >= 4 is 11.8 Å². The summed E-state index contributed by atoms with van der Waals surface area (Å²) >= 11 is 0. The molecule has 0 spiro atoms. The molecule has 5 nitrogen and oxygen atoms in total. The molecular weight excluding hydrogens is 302 g/mol. The van der Waals surface area contributed by atoms with Crippen molar-refractivity contribution in [2.24, 2.45) is 0 Å². The minimum Gasteiger partial charge on any atom is -0.351 e. The van der Waals surface area contributed by atoms with Crippen LogP contribution in [0.15, 0.2) is 24.3 Å². The van der Waals surface area contributed by atoms with E-state index in [1.54, 1.807) is 38.4 Å². The molecule has 1 aliphatic rings. The van der Waals surface area contributed by atoms with Gasteiger partial charge in [0.1, 0.15) is 0 Å². The summed E-state index contributed by atoms with van der Waals surface area (Å²) in [4.78, 5) is 25.7. The van der Waals surface area contributed by atoms with Gasteiger partial charge < -0.3 is 15.5 Å². The van der Waals surface area contributed by atoms with E-state index in [4.69, 9.17) is 0 Å². The summed E-state index contributed by atoms with van der Waals surface area (Å²) in [5.74, 6) is -0.231. The Balaban J connectivity index is 1.78. The fraction of sp³-hybridized carbons (Fsp3) is 0.579. The second-order valence-corrected chi connectivity index (χ2v) is 6.68. The van der Waals surface area contributed by atoms with Gasteiger partial charge in [-0.15, -0.1) is 0 Å².